The predicted octanol–water partition coefficient (Wildman–Crippen LogP) is 1.19. The van der Waals surface area contributed by atoms with Crippen molar-refractivity contribution in [1.29, 1.82) is 0 Å². The molecule has 0 spiro atoms. The highest BCUT2D eigenvalue weighted by atomic mass is 16.6. The number of benzene rings is 1. The molecule has 0 saturated carbocycles. The molecule has 1 aromatic carbocycles. The van der Waals surface area contributed by atoms with Gasteiger partial charge in [0.1, 0.15) is 5.56 Å². The van der Waals surface area contributed by atoms with Crippen LogP contribution in [-0.4, -0.2) is 26.9 Å². The molecule has 1 aromatic heterocycles. The van der Waals surface area contributed by atoms with Crippen LogP contribution in [0.2, 0.25) is 0 Å². The van der Waals surface area contributed by atoms with Crippen LogP contribution in [0.15, 0.2) is 36.9 Å². The molecule has 0 radical (unpaired) electrons. The second-order valence-electron chi connectivity index (χ2n) is 4.44. The first-order valence-electron chi connectivity index (χ1n) is 6.36. The number of aromatic nitrogens is 2. The van der Waals surface area contributed by atoms with Gasteiger partial charge in [0, 0.05) is 37.2 Å². The standard InChI is InChI=1S/C13H15N5O3/c14-10-2-3-12(18(20)21)11(8-10)13(19)16-4-1-6-17-7-5-15-9-17/h2-3,5,7-9H,1,4,6,14H2,(H,16,19). The molecule has 2 aromatic rings. The van der Waals surface area contributed by atoms with Crippen molar-refractivity contribution in [3.8, 4) is 0 Å². The number of anilines is 1. The summed E-state index contributed by atoms with van der Waals surface area (Å²) >= 11 is 0. The number of nitrogens with zero attached hydrogens (tertiary/aromatic N) is 3. The minimum Gasteiger partial charge on any atom is -0.399 e. The molecule has 8 heteroatoms. The summed E-state index contributed by atoms with van der Waals surface area (Å²) in [4.78, 5) is 26.2. The summed E-state index contributed by atoms with van der Waals surface area (Å²) in [6, 6.07) is 3.94. The fourth-order valence-corrected chi connectivity index (χ4v) is 1.87. The van der Waals surface area contributed by atoms with Gasteiger partial charge >= 0.3 is 0 Å². The number of nitro groups is 1. The minimum atomic E-state index is -0.597. The van der Waals surface area contributed by atoms with E-state index in [0.29, 0.717) is 25.2 Å². The summed E-state index contributed by atoms with van der Waals surface area (Å²) in [5.74, 6) is -0.500. The number of aryl methyl sites for hydroxylation is 1. The van der Waals surface area contributed by atoms with Gasteiger partial charge in [-0.25, -0.2) is 4.98 Å². The third kappa shape index (κ3) is 3.78. The van der Waals surface area contributed by atoms with Crippen LogP contribution in [0.3, 0.4) is 0 Å². The van der Waals surface area contributed by atoms with Crippen molar-refractivity contribution in [3.05, 3.63) is 52.6 Å². The van der Waals surface area contributed by atoms with Crippen molar-refractivity contribution in [2.75, 3.05) is 12.3 Å². The maximum absolute atomic E-state index is 12.0. The molecule has 0 aliphatic heterocycles. The topological polar surface area (TPSA) is 116 Å². The summed E-state index contributed by atoms with van der Waals surface area (Å²) in [6.45, 7) is 1.11. The van der Waals surface area contributed by atoms with E-state index in [1.54, 1.807) is 12.5 Å². The Morgan fingerprint density at radius 1 is 1.48 bits per heavy atom. The second-order valence-corrected chi connectivity index (χ2v) is 4.44. The van der Waals surface area contributed by atoms with Gasteiger partial charge < -0.3 is 15.6 Å². The Labute approximate surface area is 120 Å². The van der Waals surface area contributed by atoms with Gasteiger partial charge in [0.05, 0.1) is 11.3 Å². The number of carbonyl (C=O) groups is 1. The summed E-state index contributed by atoms with van der Waals surface area (Å²) in [7, 11) is 0. The minimum absolute atomic E-state index is 0.0253. The van der Waals surface area contributed by atoms with Crippen molar-refractivity contribution in [1.82, 2.24) is 14.9 Å². The molecule has 0 aliphatic rings. The monoisotopic (exact) mass is 289 g/mol. The van der Waals surface area contributed by atoms with E-state index in [1.807, 2.05) is 10.8 Å². The third-order valence-electron chi connectivity index (χ3n) is 2.90. The summed E-state index contributed by atoms with van der Waals surface area (Å²) < 4.78 is 1.88. The Morgan fingerprint density at radius 3 is 2.95 bits per heavy atom. The van der Waals surface area contributed by atoms with E-state index in [2.05, 4.69) is 10.3 Å². The number of nitrogens with one attached hydrogen (secondary N) is 1. The van der Waals surface area contributed by atoms with Gasteiger partial charge in [0.25, 0.3) is 11.6 Å². The number of nitrogen functional groups attached to an aromatic ring is 1. The van der Waals surface area contributed by atoms with Crippen LogP contribution in [0.25, 0.3) is 0 Å². The maximum atomic E-state index is 12.0. The molecular weight excluding hydrogens is 274 g/mol. The van der Waals surface area contributed by atoms with E-state index in [1.165, 1.54) is 18.2 Å². The number of hydrogen-bond donors (Lipinski definition) is 2. The first kappa shape index (κ1) is 14.5. The van der Waals surface area contributed by atoms with Crippen LogP contribution in [0, 0.1) is 10.1 Å². The van der Waals surface area contributed by atoms with Gasteiger partial charge in [0.15, 0.2) is 0 Å². The zero-order valence-electron chi connectivity index (χ0n) is 11.2. The van der Waals surface area contributed by atoms with Gasteiger partial charge in [-0.3, -0.25) is 14.9 Å². The van der Waals surface area contributed by atoms with Crippen LogP contribution < -0.4 is 11.1 Å². The first-order valence-corrected chi connectivity index (χ1v) is 6.36. The van der Waals surface area contributed by atoms with Crippen LogP contribution in [-0.2, 0) is 6.54 Å². The zero-order chi connectivity index (χ0) is 15.2. The number of carbonyl (C=O) groups excluding carboxylic acids is 1. The van der Waals surface area contributed by atoms with Crippen molar-refractivity contribution in [3.63, 3.8) is 0 Å². The Bertz CT molecular complexity index is 639. The lowest BCUT2D eigenvalue weighted by Gasteiger charge is -2.07. The summed E-state index contributed by atoms with van der Waals surface area (Å²) in [5.41, 5.74) is 5.60. The molecule has 0 unspecified atom stereocenters. The highest BCUT2D eigenvalue weighted by Gasteiger charge is 2.19. The SMILES string of the molecule is Nc1ccc([N+](=O)[O-])c(C(=O)NCCCn2ccnc2)c1. The largest absolute Gasteiger partial charge is 0.399 e. The Kier molecular flexibility index (Phi) is 4.50. The Hall–Kier alpha value is -2.90. The van der Waals surface area contributed by atoms with E-state index in [9.17, 15) is 14.9 Å². The lowest BCUT2D eigenvalue weighted by atomic mass is 10.1. The van der Waals surface area contributed by atoms with Gasteiger partial charge in [-0.2, -0.15) is 0 Å². The van der Waals surface area contributed by atoms with E-state index in [4.69, 9.17) is 5.73 Å². The van der Waals surface area contributed by atoms with Crippen LogP contribution in [0.1, 0.15) is 16.8 Å². The molecule has 0 aliphatic carbocycles. The summed E-state index contributed by atoms with van der Waals surface area (Å²) in [5, 5.41) is 13.5. The molecule has 2 rings (SSSR count). The van der Waals surface area contributed by atoms with E-state index < -0.39 is 10.8 Å². The quantitative estimate of drug-likeness (QED) is 0.358. The zero-order valence-corrected chi connectivity index (χ0v) is 11.2. The Balaban J connectivity index is 1.93. The van der Waals surface area contributed by atoms with Gasteiger partial charge in [-0.1, -0.05) is 0 Å². The second kappa shape index (κ2) is 6.51. The van der Waals surface area contributed by atoms with E-state index in [0.717, 1.165) is 0 Å². The van der Waals surface area contributed by atoms with Crippen molar-refractivity contribution < 1.29 is 9.72 Å². The van der Waals surface area contributed by atoms with Gasteiger partial charge in [0.2, 0.25) is 0 Å². The molecule has 0 saturated heterocycles. The number of rotatable bonds is 6. The number of hydrogen-bond acceptors (Lipinski definition) is 5. The van der Waals surface area contributed by atoms with Gasteiger partial charge in [-0.15, -0.1) is 0 Å². The molecule has 0 atom stereocenters. The maximum Gasteiger partial charge on any atom is 0.282 e. The molecule has 0 fully saturated rings. The molecule has 3 N–H and O–H groups in total. The highest BCUT2D eigenvalue weighted by molar-refractivity contribution is 5.99. The van der Waals surface area contributed by atoms with E-state index >= 15 is 0 Å². The third-order valence-corrected chi connectivity index (χ3v) is 2.90. The fourth-order valence-electron chi connectivity index (χ4n) is 1.87. The molecule has 21 heavy (non-hydrogen) atoms. The van der Waals surface area contributed by atoms with Crippen LogP contribution in [0.4, 0.5) is 11.4 Å². The molecule has 0 bridgehead atoms. The molecule has 8 nitrogen and oxygen atoms in total. The van der Waals surface area contributed by atoms with Crippen molar-refractivity contribution in [2.24, 2.45) is 0 Å². The van der Waals surface area contributed by atoms with Crippen LogP contribution >= 0.6 is 0 Å². The smallest absolute Gasteiger partial charge is 0.282 e. The van der Waals surface area contributed by atoms with E-state index in [-0.39, 0.29) is 11.3 Å². The number of nitro benzene ring substituents is 1. The van der Waals surface area contributed by atoms with Crippen molar-refractivity contribution in [2.45, 2.75) is 13.0 Å². The first-order chi connectivity index (χ1) is 10.1. The number of imidazole rings is 1. The predicted molar refractivity (Wildman–Crippen MR) is 76.7 cm³/mol. The normalized spacial score (nSPS) is 10.3. The Morgan fingerprint density at radius 2 is 2.29 bits per heavy atom. The lowest BCUT2D eigenvalue weighted by molar-refractivity contribution is -0.385. The summed E-state index contributed by atoms with van der Waals surface area (Å²) in [6.07, 6.45) is 5.88. The van der Waals surface area contributed by atoms with Gasteiger partial charge in [-0.05, 0) is 18.6 Å². The molecular formula is C13H15N5O3. The average Bonchev–Trinajstić information content (AvgIpc) is 2.96. The number of nitrogens with two attached hydrogens (primary N) is 1. The number of amides is 1. The highest BCUT2D eigenvalue weighted by Crippen LogP contribution is 2.20. The van der Waals surface area contributed by atoms with Crippen molar-refractivity contribution >= 4 is 17.3 Å². The molecule has 110 valence electrons. The molecule has 1 amide bonds. The van der Waals surface area contributed by atoms with Crippen LogP contribution in [0.5, 0.6) is 0 Å². The fraction of sp³-hybridized carbons (Fsp3) is 0.231. The average molecular weight is 289 g/mol. The lowest BCUT2D eigenvalue weighted by Crippen LogP contribution is -2.26. The molecule has 1 heterocycles.